The fourth-order valence-corrected chi connectivity index (χ4v) is 2.88. The van der Waals surface area contributed by atoms with E-state index >= 15 is 0 Å². The van der Waals surface area contributed by atoms with Gasteiger partial charge in [-0.3, -0.25) is 14.2 Å². The van der Waals surface area contributed by atoms with Crippen LogP contribution in [0.15, 0.2) is 40.1 Å². The fraction of sp³-hybridized carbons (Fsp3) is 0.368. The molecular formula is C19H20N4O4. The van der Waals surface area contributed by atoms with Gasteiger partial charge in [0.1, 0.15) is 23.9 Å². The van der Waals surface area contributed by atoms with Crippen LogP contribution in [0.1, 0.15) is 30.0 Å². The Morgan fingerprint density at radius 2 is 2.04 bits per heavy atom. The van der Waals surface area contributed by atoms with Gasteiger partial charge in [0, 0.05) is 31.4 Å². The highest BCUT2D eigenvalue weighted by molar-refractivity contribution is 5.75. The van der Waals surface area contributed by atoms with Crippen LogP contribution in [0.2, 0.25) is 0 Å². The fourth-order valence-electron chi connectivity index (χ4n) is 2.88. The van der Waals surface area contributed by atoms with E-state index in [1.54, 1.807) is 20.2 Å². The van der Waals surface area contributed by atoms with E-state index in [1.165, 1.54) is 15.7 Å². The van der Waals surface area contributed by atoms with E-state index in [0.717, 1.165) is 23.0 Å². The highest BCUT2D eigenvalue weighted by Gasteiger charge is 2.27. The number of aromatic nitrogens is 2. The molecule has 1 fully saturated rings. The zero-order valence-electron chi connectivity index (χ0n) is 15.2. The van der Waals surface area contributed by atoms with Gasteiger partial charge < -0.3 is 9.64 Å². The molecule has 3 rings (SSSR count). The normalized spacial score (nSPS) is 13.1. The second kappa shape index (κ2) is 7.50. The van der Waals surface area contributed by atoms with E-state index in [9.17, 15) is 14.4 Å². The van der Waals surface area contributed by atoms with E-state index in [1.807, 2.05) is 24.3 Å². The molecule has 1 aliphatic carbocycles. The Morgan fingerprint density at radius 3 is 2.67 bits per heavy atom. The van der Waals surface area contributed by atoms with Crippen LogP contribution in [0.25, 0.3) is 0 Å². The van der Waals surface area contributed by atoms with Crippen molar-refractivity contribution in [2.45, 2.75) is 32.0 Å². The molecular weight excluding hydrogens is 348 g/mol. The lowest BCUT2D eigenvalue weighted by Gasteiger charge is -2.19. The number of carbonyl (C=O) groups excluding carboxylic acids is 1. The summed E-state index contributed by atoms with van der Waals surface area (Å²) in [7, 11) is 3.14. The van der Waals surface area contributed by atoms with Crippen molar-refractivity contribution in [2.75, 3.05) is 14.2 Å². The molecule has 0 saturated heterocycles. The molecule has 140 valence electrons. The van der Waals surface area contributed by atoms with Crippen molar-refractivity contribution in [3.8, 4) is 11.8 Å². The number of amides is 1. The first kappa shape index (κ1) is 18.5. The lowest BCUT2D eigenvalue weighted by molar-refractivity contribution is -0.131. The Hall–Kier alpha value is -3.34. The summed E-state index contributed by atoms with van der Waals surface area (Å²) in [5, 5.41) is 9.17. The Morgan fingerprint density at radius 1 is 1.33 bits per heavy atom. The predicted octanol–water partition coefficient (Wildman–Crippen LogP) is 0.884. The monoisotopic (exact) mass is 368 g/mol. The summed E-state index contributed by atoms with van der Waals surface area (Å²) in [6.45, 7) is -0.141. The quantitative estimate of drug-likeness (QED) is 0.754. The zero-order valence-corrected chi connectivity index (χ0v) is 15.2. The molecule has 0 atom stereocenters. The Bertz CT molecular complexity index is 1030. The van der Waals surface area contributed by atoms with Crippen molar-refractivity contribution in [1.82, 2.24) is 14.0 Å². The number of likely N-dealkylation sites (N-methyl/N-ethyl adjacent to an activating group) is 1. The van der Waals surface area contributed by atoms with Crippen molar-refractivity contribution in [3.05, 3.63) is 62.4 Å². The summed E-state index contributed by atoms with van der Waals surface area (Å²) in [6, 6.07) is 9.11. The van der Waals surface area contributed by atoms with E-state index in [4.69, 9.17) is 10.00 Å². The molecule has 0 radical (unpaired) electrons. The summed E-state index contributed by atoms with van der Waals surface area (Å²) in [5.74, 6) is 0.245. The zero-order chi connectivity index (χ0) is 19.6. The highest BCUT2D eigenvalue weighted by atomic mass is 16.5. The molecule has 1 aromatic heterocycles. The van der Waals surface area contributed by atoms with Gasteiger partial charge in [0.2, 0.25) is 5.91 Å². The standard InChI is InChI=1S/C19H20N4O4/c1-21(10-13-5-3-4-6-16(13)27-2)17(24)12-23-18(25)14(9-20)11-22(19(23)26)15-7-8-15/h3-6,11,15H,7-8,10,12H2,1-2H3. The number of hydrogen-bond acceptors (Lipinski definition) is 5. The maximum absolute atomic E-state index is 12.6. The van der Waals surface area contributed by atoms with Crippen LogP contribution in [0.3, 0.4) is 0 Å². The minimum absolute atomic E-state index is 0.00198. The van der Waals surface area contributed by atoms with Crippen LogP contribution in [0, 0.1) is 11.3 Å². The van der Waals surface area contributed by atoms with Crippen LogP contribution in [-0.2, 0) is 17.9 Å². The summed E-state index contributed by atoms with van der Waals surface area (Å²) in [5.41, 5.74) is -0.620. The third-order valence-corrected chi connectivity index (χ3v) is 4.58. The SMILES string of the molecule is COc1ccccc1CN(C)C(=O)Cn1c(=O)c(C#N)cn(C2CC2)c1=O. The van der Waals surface area contributed by atoms with Crippen LogP contribution in [0.4, 0.5) is 0 Å². The van der Waals surface area contributed by atoms with Gasteiger partial charge in [-0.15, -0.1) is 0 Å². The summed E-state index contributed by atoms with van der Waals surface area (Å²) in [6.07, 6.45) is 2.94. The number of nitrogens with zero attached hydrogens (tertiary/aromatic N) is 4. The molecule has 27 heavy (non-hydrogen) atoms. The number of nitriles is 1. The van der Waals surface area contributed by atoms with Gasteiger partial charge in [0.25, 0.3) is 5.56 Å². The molecule has 0 unspecified atom stereocenters. The van der Waals surface area contributed by atoms with Crippen LogP contribution < -0.4 is 16.0 Å². The lowest BCUT2D eigenvalue weighted by atomic mass is 10.2. The number of rotatable bonds is 6. The largest absolute Gasteiger partial charge is 0.496 e. The summed E-state index contributed by atoms with van der Waals surface area (Å²) in [4.78, 5) is 39.0. The minimum atomic E-state index is -0.738. The first-order valence-electron chi connectivity index (χ1n) is 8.58. The lowest BCUT2D eigenvalue weighted by Crippen LogP contribution is -2.44. The Kier molecular flexibility index (Phi) is 5.12. The number of methoxy groups -OCH3 is 1. The minimum Gasteiger partial charge on any atom is -0.496 e. The third kappa shape index (κ3) is 3.77. The van der Waals surface area contributed by atoms with Crippen molar-refractivity contribution < 1.29 is 9.53 Å². The van der Waals surface area contributed by atoms with Crippen molar-refractivity contribution in [1.29, 1.82) is 5.26 Å². The average molecular weight is 368 g/mol. The van der Waals surface area contributed by atoms with Crippen molar-refractivity contribution in [2.24, 2.45) is 0 Å². The van der Waals surface area contributed by atoms with Gasteiger partial charge in [-0.1, -0.05) is 18.2 Å². The Labute approximate surface area is 155 Å². The molecule has 1 aromatic carbocycles. The smallest absolute Gasteiger partial charge is 0.331 e. The number of ether oxygens (including phenoxy) is 1. The van der Waals surface area contributed by atoms with E-state index in [-0.39, 0.29) is 18.2 Å². The number of carbonyl (C=O) groups is 1. The second-order valence-electron chi connectivity index (χ2n) is 6.53. The molecule has 0 bridgehead atoms. The van der Waals surface area contributed by atoms with Crippen LogP contribution in [0.5, 0.6) is 5.75 Å². The first-order valence-corrected chi connectivity index (χ1v) is 8.58. The van der Waals surface area contributed by atoms with Gasteiger partial charge in [0.05, 0.1) is 7.11 Å². The molecule has 0 N–H and O–H groups in total. The topological polar surface area (TPSA) is 97.3 Å². The summed E-state index contributed by atoms with van der Waals surface area (Å²) >= 11 is 0. The van der Waals surface area contributed by atoms with Crippen molar-refractivity contribution >= 4 is 5.91 Å². The van der Waals surface area contributed by atoms with Gasteiger partial charge in [0.15, 0.2) is 0 Å². The molecule has 1 amide bonds. The predicted molar refractivity (Wildman–Crippen MR) is 97.4 cm³/mol. The molecule has 8 nitrogen and oxygen atoms in total. The number of hydrogen-bond donors (Lipinski definition) is 0. The molecule has 0 aliphatic heterocycles. The van der Waals surface area contributed by atoms with Gasteiger partial charge in [-0.2, -0.15) is 5.26 Å². The average Bonchev–Trinajstić information content (AvgIpc) is 3.50. The maximum atomic E-state index is 12.6. The van der Waals surface area contributed by atoms with E-state index in [0.29, 0.717) is 5.75 Å². The molecule has 0 spiro atoms. The molecule has 1 saturated carbocycles. The van der Waals surface area contributed by atoms with Gasteiger partial charge in [-0.05, 0) is 18.9 Å². The molecule has 2 aromatic rings. The number of benzene rings is 1. The maximum Gasteiger partial charge on any atom is 0.331 e. The van der Waals surface area contributed by atoms with E-state index < -0.39 is 23.7 Å². The highest BCUT2D eigenvalue weighted by Crippen LogP contribution is 2.33. The van der Waals surface area contributed by atoms with Gasteiger partial charge in [-0.25, -0.2) is 9.36 Å². The first-order chi connectivity index (χ1) is 13.0. The Balaban J connectivity index is 1.85. The third-order valence-electron chi connectivity index (χ3n) is 4.58. The second-order valence-corrected chi connectivity index (χ2v) is 6.53. The molecule has 8 heteroatoms. The van der Waals surface area contributed by atoms with Crippen molar-refractivity contribution in [3.63, 3.8) is 0 Å². The van der Waals surface area contributed by atoms with Gasteiger partial charge >= 0.3 is 5.69 Å². The number of para-hydroxylation sites is 1. The van der Waals surface area contributed by atoms with E-state index in [2.05, 4.69) is 0 Å². The molecule has 1 heterocycles. The molecule has 1 aliphatic rings. The summed E-state index contributed by atoms with van der Waals surface area (Å²) < 4.78 is 7.51. The van der Waals surface area contributed by atoms with Crippen LogP contribution in [-0.4, -0.2) is 34.1 Å². The van der Waals surface area contributed by atoms with Crippen LogP contribution >= 0.6 is 0 Å².